The average molecular weight is 373 g/mol. The van der Waals surface area contributed by atoms with E-state index in [1.54, 1.807) is 18.6 Å². The Morgan fingerprint density at radius 3 is 2.69 bits per heavy atom. The molecule has 0 amide bonds. The highest BCUT2D eigenvalue weighted by atomic mass is 32.2. The molecule has 0 saturated carbocycles. The van der Waals surface area contributed by atoms with Crippen LogP contribution in [0.5, 0.6) is 0 Å². The second-order valence-electron chi connectivity index (χ2n) is 6.90. The van der Waals surface area contributed by atoms with Crippen molar-refractivity contribution in [2.45, 2.75) is 33.1 Å². The summed E-state index contributed by atoms with van der Waals surface area (Å²) in [5, 5.41) is 0. The van der Waals surface area contributed by atoms with Gasteiger partial charge in [-0.2, -0.15) is 0 Å². The van der Waals surface area contributed by atoms with Crippen LogP contribution in [0.2, 0.25) is 0 Å². The van der Waals surface area contributed by atoms with Crippen LogP contribution >= 0.6 is 0 Å². The maximum absolute atomic E-state index is 11.3. The van der Waals surface area contributed by atoms with Crippen LogP contribution in [-0.2, 0) is 22.7 Å². The highest BCUT2D eigenvalue weighted by molar-refractivity contribution is 7.90. The van der Waals surface area contributed by atoms with Crippen molar-refractivity contribution in [3.05, 3.63) is 42.4 Å². The molecule has 0 fully saturated rings. The Morgan fingerprint density at radius 2 is 1.96 bits per heavy atom. The summed E-state index contributed by atoms with van der Waals surface area (Å²) >= 11 is 0. The number of hydrogen-bond donors (Lipinski definition) is 0. The van der Waals surface area contributed by atoms with E-state index in [1.807, 2.05) is 16.7 Å². The van der Waals surface area contributed by atoms with Crippen LogP contribution in [0.1, 0.15) is 31.8 Å². The van der Waals surface area contributed by atoms with Crippen LogP contribution < -0.4 is 0 Å². The van der Waals surface area contributed by atoms with Gasteiger partial charge in [-0.3, -0.25) is 9.38 Å². The van der Waals surface area contributed by atoms with Gasteiger partial charge >= 0.3 is 0 Å². The summed E-state index contributed by atoms with van der Waals surface area (Å²) in [7, 11) is -2.97. The lowest BCUT2D eigenvalue weighted by Gasteiger charge is -2.07. The van der Waals surface area contributed by atoms with Crippen molar-refractivity contribution in [3.8, 4) is 11.4 Å². The fourth-order valence-electron chi connectivity index (χ4n) is 2.85. The SMILES string of the molecule is CC(C)Cc1nccc(-c2cnc3c(CCCS(C)(=O)=O)nccn23)n1. The van der Waals surface area contributed by atoms with E-state index in [0.717, 1.165) is 35.0 Å². The summed E-state index contributed by atoms with van der Waals surface area (Å²) in [6.07, 6.45) is 10.3. The summed E-state index contributed by atoms with van der Waals surface area (Å²) < 4.78 is 24.6. The fourth-order valence-corrected chi connectivity index (χ4v) is 3.51. The molecule has 0 bridgehead atoms. The van der Waals surface area contributed by atoms with Gasteiger partial charge in [0.2, 0.25) is 0 Å². The molecule has 0 saturated heterocycles. The summed E-state index contributed by atoms with van der Waals surface area (Å²) in [5.74, 6) is 1.45. The van der Waals surface area contributed by atoms with Crippen molar-refractivity contribution in [1.29, 1.82) is 0 Å². The van der Waals surface area contributed by atoms with Crippen molar-refractivity contribution in [1.82, 2.24) is 24.3 Å². The Hall–Kier alpha value is -2.35. The lowest BCUT2D eigenvalue weighted by molar-refractivity contribution is 0.599. The van der Waals surface area contributed by atoms with E-state index >= 15 is 0 Å². The smallest absolute Gasteiger partial charge is 0.159 e. The van der Waals surface area contributed by atoms with Crippen LogP contribution in [-0.4, -0.2) is 44.8 Å². The normalized spacial score (nSPS) is 12.2. The molecule has 0 unspecified atom stereocenters. The first-order chi connectivity index (χ1) is 12.3. The molecular weight excluding hydrogens is 350 g/mol. The number of aryl methyl sites for hydroxylation is 1. The zero-order valence-electron chi connectivity index (χ0n) is 15.3. The van der Waals surface area contributed by atoms with Crippen molar-refractivity contribution in [2.75, 3.05) is 12.0 Å². The molecule has 8 heteroatoms. The van der Waals surface area contributed by atoms with Gasteiger partial charge in [-0.25, -0.2) is 23.4 Å². The molecule has 0 aliphatic carbocycles. The lowest BCUT2D eigenvalue weighted by Crippen LogP contribution is -2.06. The second-order valence-corrected chi connectivity index (χ2v) is 9.16. The van der Waals surface area contributed by atoms with E-state index in [-0.39, 0.29) is 5.75 Å². The first-order valence-electron chi connectivity index (χ1n) is 8.64. The molecule has 0 N–H and O–H groups in total. The van der Waals surface area contributed by atoms with Crippen LogP contribution in [0.3, 0.4) is 0 Å². The quantitative estimate of drug-likeness (QED) is 0.631. The van der Waals surface area contributed by atoms with Crippen molar-refractivity contribution >= 4 is 15.5 Å². The molecule has 0 spiro atoms. The molecule has 3 aromatic rings. The monoisotopic (exact) mass is 373 g/mol. The second kappa shape index (κ2) is 7.49. The summed E-state index contributed by atoms with van der Waals surface area (Å²) in [6.45, 7) is 4.28. The van der Waals surface area contributed by atoms with Crippen LogP contribution in [0, 0.1) is 5.92 Å². The average Bonchev–Trinajstić information content (AvgIpc) is 2.98. The van der Waals surface area contributed by atoms with Crippen molar-refractivity contribution in [3.63, 3.8) is 0 Å². The fraction of sp³-hybridized carbons (Fsp3) is 0.444. The summed E-state index contributed by atoms with van der Waals surface area (Å²) in [4.78, 5) is 17.9. The van der Waals surface area contributed by atoms with Gasteiger partial charge in [0.1, 0.15) is 15.7 Å². The molecule has 7 nitrogen and oxygen atoms in total. The summed E-state index contributed by atoms with van der Waals surface area (Å²) in [5.41, 5.74) is 3.22. The van der Waals surface area contributed by atoms with Gasteiger partial charge < -0.3 is 0 Å². The molecule has 0 aliphatic rings. The molecule has 3 heterocycles. The Morgan fingerprint density at radius 1 is 1.15 bits per heavy atom. The highest BCUT2D eigenvalue weighted by Crippen LogP contribution is 2.21. The number of hydrogen-bond acceptors (Lipinski definition) is 6. The van der Waals surface area contributed by atoms with E-state index in [9.17, 15) is 8.42 Å². The van der Waals surface area contributed by atoms with Crippen LogP contribution in [0.15, 0.2) is 30.9 Å². The number of fused-ring (bicyclic) bond motifs is 1. The third-order valence-corrected chi connectivity index (χ3v) is 5.02. The van der Waals surface area contributed by atoms with Gasteiger partial charge in [0, 0.05) is 31.3 Å². The van der Waals surface area contributed by atoms with Crippen LogP contribution in [0.25, 0.3) is 17.0 Å². The van der Waals surface area contributed by atoms with Gasteiger partial charge in [0.25, 0.3) is 0 Å². The molecule has 0 atom stereocenters. The Kier molecular flexibility index (Phi) is 5.31. The predicted octanol–water partition coefficient (Wildman–Crippen LogP) is 2.36. The Bertz CT molecular complexity index is 1010. The van der Waals surface area contributed by atoms with E-state index in [4.69, 9.17) is 0 Å². The third kappa shape index (κ3) is 4.43. The number of sulfone groups is 1. The number of aromatic nitrogens is 5. The van der Waals surface area contributed by atoms with Gasteiger partial charge in [-0.1, -0.05) is 13.8 Å². The molecule has 0 aliphatic heterocycles. The molecule has 0 radical (unpaired) electrons. The van der Waals surface area contributed by atoms with Crippen LogP contribution in [0.4, 0.5) is 0 Å². The Balaban J connectivity index is 1.91. The predicted molar refractivity (Wildman–Crippen MR) is 101 cm³/mol. The first kappa shape index (κ1) is 18.4. The maximum atomic E-state index is 11.3. The maximum Gasteiger partial charge on any atom is 0.159 e. The standard InChI is InChI=1S/C18H23N5O2S/c1-13(2)11-17-20-7-6-14(22-17)16-12-21-18-15(19-8-9-23(16)18)5-4-10-26(3,24)25/h6-9,12-13H,4-5,10-11H2,1-3H3. The van der Waals surface area contributed by atoms with E-state index in [0.29, 0.717) is 18.8 Å². The minimum Gasteiger partial charge on any atom is -0.295 e. The Labute approximate surface area is 153 Å². The summed E-state index contributed by atoms with van der Waals surface area (Å²) in [6, 6.07) is 1.87. The minimum absolute atomic E-state index is 0.147. The van der Waals surface area contributed by atoms with Gasteiger partial charge in [-0.15, -0.1) is 0 Å². The molecule has 3 aromatic heterocycles. The van der Waals surface area contributed by atoms with E-state index in [2.05, 4.69) is 33.8 Å². The van der Waals surface area contributed by atoms with E-state index in [1.165, 1.54) is 6.26 Å². The lowest BCUT2D eigenvalue weighted by atomic mass is 10.1. The van der Waals surface area contributed by atoms with Gasteiger partial charge in [0.05, 0.1) is 29.0 Å². The zero-order valence-corrected chi connectivity index (χ0v) is 16.1. The van der Waals surface area contributed by atoms with E-state index < -0.39 is 9.84 Å². The topological polar surface area (TPSA) is 90.1 Å². The molecule has 26 heavy (non-hydrogen) atoms. The third-order valence-electron chi connectivity index (χ3n) is 3.99. The number of imidazole rings is 1. The van der Waals surface area contributed by atoms with Gasteiger partial charge in [0.15, 0.2) is 5.65 Å². The number of rotatable bonds is 7. The number of nitrogens with zero attached hydrogens (tertiary/aromatic N) is 5. The molecular formula is C18H23N5O2S. The molecule has 0 aromatic carbocycles. The minimum atomic E-state index is -2.97. The molecule has 3 rings (SSSR count). The highest BCUT2D eigenvalue weighted by Gasteiger charge is 2.13. The van der Waals surface area contributed by atoms with Crippen molar-refractivity contribution in [2.24, 2.45) is 5.92 Å². The largest absolute Gasteiger partial charge is 0.295 e. The molecule has 138 valence electrons. The first-order valence-corrected chi connectivity index (χ1v) is 10.7. The van der Waals surface area contributed by atoms with Gasteiger partial charge in [-0.05, 0) is 24.8 Å². The van der Waals surface area contributed by atoms with Crippen molar-refractivity contribution < 1.29 is 8.42 Å². The zero-order chi connectivity index (χ0) is 18.7.